The van der Waals surface area contributed by atoms with Crippen molar-refractivity contribution in [1.29, 1.82) is 0 Å². The first kappa shape index (κ1) is 15.0. The van der Waals surface area contributed by atoms with Gasteiger partial charge in [0.1, 0.15) is 11.6 Å². The number of hydrogen-bond donors (Lipinski definition) is 0. The van der Waals surface area contributed by atoms with Crippen molar-refractivity contribution >= 4 is 11.7 Å². The summed E-state index contributed by atoms with van der Waals surface area (Å²) in [4.78, 5) is 29.1. The number of hydrogen-bond acceptors (Lipinski definition) is 5. The normalized spacial score (nSPS) is 22.3. The third-order valence-corrected chi connectivity index (χ3v) is 4.71. The molecule has 7 heteroatoms. The molecule has 3 aliphatic heterocycles. The quantitative estimate of drug-likeness (QED) is 0.841. The maximum atomic E-state index is 13.8. The fraction of sp³-hybridized carbons (Fsp3) is 0.412. The highest BCUT2D eigenvalue weighted by molar-refractivity contribution is 5.95. The van der Waals surface area contributed by atoms with Crippen LogP contribution >= 0.6 is 0 Å². The number of amides is 1. The van der Waals surface area contributed by atoms with E-state index >= 15 is 0 Å². The van der Waals surface area contributed by atoms with Crippen LogP contribution < -0.4 is 4.90 Å². The van der Waals surface area contributed by atoms with Gasteiger partial charge in [-0.25, -0.2) is 14.4 Å². The zero-order valence-electron chi connectivity index (χ0n) is 13.6. The minimum Gasteiger partial charge on any atom is -0.352 e. The molecule has 0 aliphatic carbocycles. The number of rotatable bonds is 2. The summed E-state index contributed by atoms with van der Waals surface area (Å²) in [5.74, 6) is 0.838. The smallest absolute Gasteiger partial charge is 0.257 e. The van der Waals surface area contributed by atoms with Gasteiger partial charge in [-0.3, -0.25) is 9.78 Å². The standard InChI is InChI=1S/C17H18FN5O/c1-10-5-16(21-11(2)20-10)22-8-12-6-13(9-22)23(12)17(24)14-3-4-19-7-15(14)18/h3-5,7,12-13H,6,8-9H2,1-2H3. The van der Waals surface area contributed by atoms with E-state index in [0.29, 0.717) is 13.1 Å². The number of piperazine rings is 1. The molecule has 0 radical (unpaired) electrons. The Labute approximate surface area is 139 Å². The first-order valence-corrected chi connectivity index (χ1v) is 8.02. The average Bonchev–Trinajstić information content (AvgIpc) is 2.54. The van der Waals surface area contributed by atoms with Crippen LogP contribution in [-0.2, 0) is 0 Å². The van der Waals surface area contributed by atoms with E-state index in [2.05, 4.69) is 19.9 Å². The van der Waals surface area contributed by atoms with E-state index in [1.54, 1.807) is 4.90 Å². The van der Waals surface area contributed by atoms with Gasteiger partial charge in [0.15, 0.2) is 5.82 Å². The van der Waals surface area contributed by atoms with E-state index in [1.807, 2.05) is 19.9 Å². The number of anilines is 1. The van der Waals surface area contributed by atoms with Crippen molar-refractivity contribution in [3.8, 4) is 0 Å². The number of aryl methyl sites for hydroxylation is 2. The second-order valence-corrected chi connectivity index (χ2v) is 6.43. The zero-order valence-corrected chi connectivity index (χ0v) is 13.6. The molecular weight excluding hydrogens is 309 g/mol. The summed E-state index contributed by atoms with van der Waals surface area (Å²) in [6, 6.07) is 3.60. The van der Waals surface area contributed by atoms with Gasteiger partial charge in [-0.05, 0) is 26.3 Å². The van der Waals surface area contributed by atoms with Crippen LogP contribution in [0.25, 0.3) is 0 Å². The van der Waals surface area contributed by atoms with Crippen LogP contribution in [0.1, 0.15) is 28.3 Å². The maximum absolute atomic E-state index is 13.8. The molecule has 24 heavy (non-hydrogen) atoms. The minimum absolute atomic E-state index is 0.0967. The molecule has 3 saturated heterocycles. The number of nitrogens with zero attached hydrogens (tertiary/aromatic N) is 5. The Morgan fingerprint density at radius 3 is 2.67 bits per heavy atom. The van der Waals surface area contributed by atoms with E-state index < -0.39 is 5.82 Å². The Morgan fingerprint density at radius 2 is 2.00 bits per heavy atom. The molecule has 0 aromatic carbocycles. The number of piperidine rings is 1. The minimum atomic E-state index is -0.564. The maximum Gasteiger partial charge on any atom is 0.257 e. The van der Waals surface area contributed by atoms with Gasteiger partial charge in [0, 0.05) is 31.0 Å². The molecule has 2 atom stereocenters. The molecule has 6 nitrogen and oxygen atoms in total. The van der Waals surface area contributed by atoms with Crippen LogP contribution in [0.5, 0.6) is 0 Å². The molecule has 2 aromatic rings. The van der Waals surface area contributed by atoms with Gasteiger partial charge in [-0.2, -0.15) is 0 Å². The summed E-state index contributed by atoms with van der Waals surface area (Å²) in [5, 5.41) is 0. The molecule has 5 rings (SSSR count). The summed E-state index contributed by atoms with van der Waals surface area (Å²) in [5.41, 5.74) is 1.03. The molecule has 5 heterocycles. The molecule has 2 aromatic heterocycles. The van der Waals surface area contributed by atoms with E-state index in [0.717, 1.165) is 30.0 Å². The second kappa shape index (κ2) is 5.51. The number of carbonyl (C=O) groups is 1. The molecule has 124 valence electrons. The van der Waals surface area contributed by atoms with E-state index in [4.69, 9.17) is 0 Å². The third-order valence-electron chi connectivity index (χ3n) is 4.71. The first-order chi connectivity index (χ1) is 11.5. The first-order valence-electron chi connectivity index (χ1n) is 8.02. The third kappa shape index (κ3) is 2.40. The summed E-state index contributed by atoms with van der Waals surface area (Å²) in [7, 11) is 0. The summed E-state index contributed by atoms with van der Waals surface area (Å²) in [6.45, 7) is 5.25. The van der Waals surface area contributed by atoms with Crippen molar-refractivity contribution in [2.45, 2.75) is 32.4 Å². The van der Waals surface area contributed by atoms with Gasteiger partial charge in [0.05, 0.1) is 23.8 Å². The molecule has 0 spiro atoms. The average molecular weight is 327 g/mol. The largest absolute Gasteiger partial charge is 0.352 e. The van der Waals surface area contributed by atoms with E-state index in [1.165, 1.54) is 12.3 Å². The van der Waals surface area contributed by atoms with Crippen molar-refractivity contribution in [3.63, 3.8) is 0 Å². The molecule has 0 N–H and O–H groups in total. The van der Waals surface area contributed by atoms with Crippen molar-refractivity contribution in [3.05, 3.63) is 47.4 Å². The highest BCUT2D eigenvalue weighted by atomic mass is 19.1. The summed E-state index contributed by atoms with van der Waals surface area (Å²) in [6.07, 6.45) is 3.49. The molecule has 0 saturated carbocycles. The lowest BCUT2D eigenvalue weighted by molar-refractivity contribution is 0.00535. The number of aromatic nitrogens is 3. The fourth-order valence-corrected chi connectivity index (χ4v) is 3.68. The lowest BCUT2D eigenvalue weighted by Crippen LogP contribution is -2.70. The van der Waals surface area contributed by atoms with Gasteiger partial charge in [0.2, 0.25) is 0 Å². The number of halogens is 1. The highest BCUT2D eigenvalue weighted by Gasteiger charge is 2.48. The molecular formula is C17H18FN5O. The Morgan fingerprint density at radius 1 is 1.25 bits per heavy atom. The molecule has 3 fully saturated rings. The Balaban J connectivity index is 1.53. The monoisotopic (exact) mass is 327 g/mol. The second-order valence-electron chi connectivity index (χ2n) is 6.43. The van der Waals surface area contributed by atoms with E-state index in [9.17, 15) is 9.18 Å². The molecule has 2 unspecified atom stereocenters. The topological polar surface area (TPSA) is 62.2 Å². The van der Waals surface area contributed by atoms with Gasteiger partial charge in [0.25, 0.3) is 5.91 Å². The number of pyridine rings is 1. The SMILES string of the molecule is Cc1cc(N2CC3CC(C2)N3C(=O)c2ccncc2F)nc(C)n1. The van der Waals surface area contributed by atoms with Crippen LogP contribution in [0.15, 0.2) is 24.5 Å². The summed E-state index contributed by atoms with van der Waals surface area (Å²) < 4.78 is 13.8. The van der Waals surface area contributed by atoms with Crippen LogP contribution in [-0.4, -0.2) is 50.9 Å². The Kier molecular flexibility index (Phi) is 3.44. The Hall–Kier alpha value is -2.57. The van der Waals surface area contributed by atoms with Gasteiger partial charge < -0.3 is 9.80 Å². The molecule has 1 amide bonds. The van der Waals surface area contributed by atoms with Crippen LogP contribution in [0.2, 0.25) is 0 Å². The van der Waals surface area contributed by atoms with Gasteiger partial charge in [-0.1, -0.05) is 0 Å². The highest BCUT2D eigenvalue weighted by Crippen LogP contribution is 2.35. The molecule has 2 bridgehead atoms. The van der Waals surface area contributed by atoms with Crippen molar-refractivity contribution in [2.24, 2.45) is 0 Å². The van der Waals surface area contributed by atoms with Gasteiger partial charge in [-0.15, -0.1) is 0 Å². The van der Waals surface area contributed by atoms with Crippen molar-refractivity contribution in [1.82, 2.24) is 19.9 Å². The van der Waals surface area contributed by atoms with Crippen LogP contribution in [0, 0.1) is 19.7 Å². The van der Waals surface area contributed by atoms with Crippen LogP contribution in [0.3, 0.4) is 0 Å². The van der Waals surface area contributed by atoms with Crippen molar-refractivity contribution < 1.29 is 9.18 Å². The number of fused-ring (bicyclic) bond motifs is 2. The lowest BCUT2D eigenvalue weighted by atomic mass is 9.86. The predicted octanol–water partition coefficient (Wildman–Crippen LogP) is 1.73. The fourth-order valence-electron chi connectivity index (χ4n) is 3.68. The summed E-state index contributed by atoms with van der Waals surface area (Å²) >= 11 is 0. The van der Waals surface area contributed by atoms with E-state index in [-0.39, 0.29) is 23.6 Å². The van der Waals surface area contributed by atoms with Gasteiger partial charge >= 0.3 is 0 Å². The van der Waals surface area contributed by atoms with Crippen LogP contribution in [0.4, 0.5) is 10.2 Å². The van der Waals surface area contributed by atoms with Crippen molar-refractivity contribution in [2.75, 3.05) is 18.0 Å². The predicted molar refractivity (Wildman–Crippen MR) is 86.3 cm³/mol. The zero-order chi connectivity index (χ0) is 16.8. The molecule has 3 aliphatic rings. The Bertz CT molecular complexity index is 779. The lowest BCUT2D eigenvalue weighted by Gasteiger charge is -2.56. The number of carbonyl (C=O) groups excluding carboxylic acids is 1.